The Kier molecular flexibility index (Phi) is 6.63. The van der Waals surface area contributed by atoms with E-state index in [9.17, 15) is 4.79 Å². The van der Waals surface area contributed by atoms with Crippen LogP contribution in [-0.2, 0) is 0 Å². The molecule has 2 aromatic carbocycles. The van der Waals surface area contributed by atoms with Gasteiger partial charge >= 0.3 is 0 Å². The molecule has 0 bridgehead atoms. The minimum atomic E-state index is -0.206. The molecule has 0 spiro atoms. The van der Waals surface area contributed by atoms with Crippen LogP contribution in [0.25, 0.3) is 0 Å². The third kappa shape index (κ3) is 4.99. The Bertz CT molecular complexity index is 669. The van der Waals surface area contributed by atoms with E-state index in [0.717, 1.165) is 19.6 Å². The zero-order valence-corrected chi connectivity index (χ0v) is 14.3. The maximum absolute atomic E-state index is 12.4. The van der Waals surface area contributed by atoms with Gasteiger partial charge in [-0.15, -0.1) is 0 Å². The first-order valence-electron chi connectivity index (χ1n) is 8.25. The van der Waals surface area contributed by atoms with E-state index in [1.807, 2.05) is 24.3 Å². The molecule has 128 valence electrons. The molecule has 2 aromatic rings. The summed E-state index contributed by atoms with van der Waals surface area (Å²) in [5.74, 6) is 0.462. The SMILES string of the molecule is CCN(CC)CCOc1ccccc1NC(=O)c1cccc(N)c1. The number of amides is 1. The van der Waals surface area contributed by atoms with Gasteiger partial charge in [0, 0.05) is 17.8 Å². The number of carbonyl (C=O) groups excluding carboxylic acids is 1. The van der Waals surface area contributed by atoms with E-state index in [4.69, 9.17) is 10.5 Å². The number of nitrogens with one attached hydrogen (secondary N) is 1. The van der Waals surface area contributed by atoms with E-state index in [0.29, 0.717) is 29.3 Å². The number of nitrogens with zero attached hydrogens (tertiary/aromatic N) is 1. The number of hydrogen-bond acceptors (Lipinski definition) is 4. The molecular formula is C19H25N3O2. The molecule has 3 N–H and O–H groups in total. The number of hydrogen-bond donors (Lipinski definition) is 2. The molecule has 0 aromatic heterocycles. The summed E-state index contributed by atoms with van der Waals surface area (Å²) in [6.07, 6.45) is 0. The summed E-state index contributed by atoms with van der Waals surface area (Å²) in [6, 6.07) is 14.3. The number of anilines is 2. The summed E-state index contributed by atoms with van der Waals surface area (Å²) in [5.41, 5.74) is 7.47. The highest BCUT2D eigenvalue weighted by atomic mass is 16.5. The molecule has 2 rings (SSSR count). The summed E-state index contributed by atoms with van der Waals surface area (Å²) < 4.78 is 5.85. The van der Waals surface area contributed by atoms with Crippen LogP contribution < -0.4 is 15.8 Å². The van der Waals surface area contributed by atoms with Crippen molar-refractivity contribution in [2.75, 3.05) is 37.3 Å². The summed E-state index contributed by atoms with van der Waals surface area (Å²) in [4.78, 5) is 14.6. The van der Waals surface area contributed by atoms with E-state index < -0.39 is 0 Å². The highest BCUT2D eigenvalue weighted by molar-refractivity contribution is 6.05. The molecule has 24 heavy (non-hydrogen) atoms. The van der Waals surface area contributed by atoms with Gasteiger partial charge in [-0.3, -0.25) is 4.79 Å². The maximum Gasteiger partial charge on any atom is 0.255 e. The van der Waals surface area contributed by atoms with Gasteiger partial charge in [0.25, 0.3) is 5.91 Å². The number of rotatable bonds is 8. The highest BCUT2D eigenvalue weighted by Crippen LogP contribution is 2.24. The van der Waals surface area contributed by atoms with Crippen LogP contribution in [0.4, 0.5) is 11.4 Å². The molecule has 0 unspecified atom stereocenters. The fourth-order valence-electron chi connectivity index (χ4n) is 2.39. The minimum absolute atomic E-state index is 0.206. The van der Waals surface area contributed by atoms with Gasteiger partial charge in [-0.1, -0.05) is 32.0 Å². The summed E-state index contributed by atoms with van der Waals surface area (Å²) in [7, 11) is 0. The third-order valence-corrected chi connectivity index (χ3v) is 3.84. The molecule has 0 heterocycles. The topological polar surface area (TPSA) is 67.6 Å². The molecule has 0 aliphatic carbocycles. The lowest BCUT2D eigenvalue weighted by molar-refractivity contribution is 0.102. The van der Waals surface area contributed by atoms with Crippen LogP contribution >= 0.6 is 0 Å². The van der Waals surface area contributed by atoms with Crippen LogP contribution in [-0.4, -0.2) is 37.0 Å². The molecule has 1 amide bonds. The minimum Gasteiger partial charge on any atom is -0.490 e. The first-order valence-corrected chi connectivity index (χ1v) is 8.25. The van der Waals surface area contributed by atoms with Crippen LogP contribution in [0.15, 0.2) is 48.5 Å². The Morgan fingerprint density at radius 3 is 2.58 bits per heavy atom. The number of benzene rings is 2. The molecule has 5 nitrogen and oxygen atoms in total. The fourth-order valence-corrected chi connectivity index (χ4v) is 2.39. The highest BCUT2D eigenvalue weighted by Gasteiger charge is 2.10. The second-order valence-corrected chi connectivity index (χ2v) is 5.45. The summed E-state index contributed by atoms with van der Waals surface area (Å²) in [6.45, 7) is 7.67. The van der Waals surface area contributed by atoms with Crippen molar-refractivity contribution in [3.8, 4) is 5.75 Å². The lowest BCUT2D eigenvalue weighted by atomic mass is 10.2. The maximum atomic E-state index is 12.4. The van der Waals surface area contributed by atoms with Gasteiger partial charge in [0.1, 0.15) is 12.4 Å². The molecule has 0 aliphatic rings. The van der Waals surface area contributed by atoms with Crippen LogP contribution in [0.2, 0.25) is 0 Å². The Morgan fingerprint density at radius 2 is 1.88 bits per heavy atom. The molecule has 0 radical (unpaired) electrons. The third-order valence-electron chi connectivity index (χ3n) is 3.84. The molecule has 0 atom stereocenters. The van der Waals surface area contributed by atoms with Crippen LogP contribution in [0, 0.1) is 0 Å². The molecule has 0 saturated heterocycles. The summed E-state index contributed by atoms with van der Waals surface area (Å²) in [5, 5.41) is 2.89. The number of nitrogens with two attached hydrogens (primary N) is 1. The van der Waals surface area contributed by atoms with Crippen molar-refractivity contribution < 1.29 is 9.53 Å². The molecule has 0 fully saturated rings. The fraction of sp³-hybridized carbons (Fsp3) is 0.316. The largest absolute Gasteiger partial charge is 0.490 e. The second-order valence-electron chi connectivity index (χ2n) is 5.45. The van der Waals surface area contributed by atoms with Gasteiger partial charge in [-0.25, -0.2) is 0 Å². The molecule has 5 heteroatoms. The zero-order chi connectivity index (χ0) is 17.4. The number of carbonyl (C=O) groups is 1. The van der Waals surface area contributed by atoms with Crippen LogP contribution in [0.3, 0.4) is 0 Å². The van der Waals surface area contributed by atoms with Crippen molar-refractivity contribution in [2.24, 2.45) is 0 Å². The smallest absolute Gasteiger partial charge is 0.255 e. The van der Waals surface area contributed by atoms with Crippen LogP contribution in [0.1, 0.15) is 24.2 Å². The monoisotopic (exact) mass is 327 g/mol. The Morgan fingerprint density at radius 1 is 1.12 bits per heavy atom. The number of ether oxygens (including phenoxy) is 1. The second kappa shape index (κ2) is 8.93. The number of likely N-dealkylation sites (N-methyl/N-ethyl adjacent to an activating group) is 1. The number of para-hydroxylation sites is 2. The molecular weight excluding hydrogens is 302 g/mol. The Labute approximate surface area is 143 Å². The van der Waals surface area contributed by atoms with E-state index in [-0.39, 0.29) is 5.91 Å². The average molecular weight is 327 g/mol. The van der Waals surface area contributed by atoms with Crippen LogP contribution in [0.5, 0.6) is 5.75 Å². The van der Waals surface area contributed by atoms with Crippen molar-refractivity contribution >= 4 is 17.3 Å². The van der Waals surface area contributed by atoms with Gasteiger partial charge in [-0.2, -0.15) is 0 Å². The average Bonchev–Trinajstić information content (AvgIpc) is 2.60. The zero-order valence-electron chi connectivity index (χ0n) is 14.3. The van der Waals surface area contributed by atoms with Gasteiger partial charge in [-0.05, 0) is 43.4 Å². The van der Waals surface area contributed by atoms with E-state index in [1.54, 1.807) is 24.3 Å². The normalized spacial score (nSPS) is 10.6. The molecule has 0 saturated carbocycles. The standard InChI is InChI=1S/C19H25N3O2/c1-3-22(4-2)12-13-24-18-11-6-5-10-17(18)21-19(23)15-8-7-9-16(20)14-15/h5-11,14H,3-4,12-13,20H2,1-2H3,(H,21,23). The van der Waals surface area contributed by atoms with E-state index in [1.165, 1.54) is 0 Å². The Hall–Kier alpha value is -2.53. The van der Waals surface area contributed by atoms with Crippen molar-refractivity contribution in [1.82, 2.24) is 4.90 Å². The van der Waals surface area contributed by atoms with Crippen molar-refractivity contribution in [1.29, 1.82) is 0 Å². The Balaban J connectivity index is 2.02. The quantitative estimate of drug-likeness (QED) is 0.730. The summed E-state index contributed by atoms with van der Waals surface area (Å²) >= 11 is 0. The lowest BCUT2D eigenvalue weighted by Crippen LogP contribution is -2.28. The van der Waals surface area contributed by atoms with E-state index in [2.05, 4.69) is 24.1 Å². The van der Waals surface area contributed by atoms with Gasteiger partial charge in [0.15, 0.2) is 0 Å². The van der Waals surface area contributed by atoms with Gasteiger partial charge in [0.05, 0.1) is 5.69 Å². The lowest BCUT2D eigenvalue weighted by Gasteiger charge is -2.19. The van der Waals surface area contributed by atoms with Crippen molar-refractivity contribution in [2.45, 2.75) is 13.8 Å². The first-order chi connectivity index (χ1) is 11.6. The van der Waals surface area contributed by atoms with Crippen molar-refractivity contribution in [3.63, 3.8) is 0 Å². The molecule has 0 aliphatic heterocycles. The number of nitrogen functional groups attached to an aromatic ring is 1. The van der Waals surface area contributed by atoms with Crippen molar-refractivity contribution in [3.05, 3.63) is 54.1 Å². The van der Waals surface area contributed by atoms with E-state index >= 15 is 0 Å². The predicted octanol–water partition coefficient (Wildman–Crippen LogP) is 3.24. The predicted molar refractivity (Wildman–Crippen MR) is 98.5 cm³/mol. The first kappa shape index (κ1) is 17.8. The van der Waals surface area contributed by atoms with Gasteiger partial charge in [0.2, 0.25) is 0 Å². The van der Waals surface area contributed by atoms with Gasteiger partial charge < -0.3 is 20.7 Å².